The van der Waals surface area contributed by atoms with Gasteiger partial charge in [0, 0.05) is 29.6 Å². The van der Waals surface area contributed by atoms with Gasteiger partial charge in [-0.3, -0.25) is 5.32 Å². The number of thiazole rings is 1. The zero-order chi connectivity index (χ0) is 19.4. The van der Waals surface area contributed by atoms with Crippen molar-refractivity contribution in [3.05, 3.63) is 28.8 Å². The number of urea groups is 1. The quantitative estimate of drug-likeness (QED) is 0.829. The molecule has 9 nitrogen and oxygen atoms in total. The Morgan fingerprint density at radius 3 is 2.63 bits per heavy atom. The fraction of sp³-hybridized carbons (Fsp3) is 0.353. The first-order chi connectivity index (χ1) is 13.0. The molecule has 144 valence electrons. The number of rotatable bonds is 4. The summed E-state index contributed by atoms with van der Waals surface area (Å²) in [6.45, 7) is 0.961. The predicted molar refractivity (Wildman–Crippen MR) is 101 cm³/mol. The number of nitrogens with one attached hydrogen (secondary N) is 2. The highest BCUT2D eigenvalue weighted by molar-refractivity contribution is 7.15. The van der Waals surface area contributed by atoms with Crippen LogP contribution >= 0.6 is 11.3 Å². The van der Waals surface area contributed by atoms with Gasteiger partial charge in [-0.25, -0.2) is 14.6 Å². The Morgan fingerprint density at radius 1 is 1.15 bits per heavy atom. The smallest absolute Gasteiger partial charge is 0.413 e. The lowest BCUT2D eigenvalue weighted by Crippen LogP contribution is -2.38. The van der Waals surface area contributed by atoms with Crippen LogP contribution in [-0.2, 0) is 17.7 Å². The number of nitrogens with zero attached hydrogens (tertiary/aromatic N) is 2. The molecule has 0 fully saturated rings. The van der Waals surface area contributed by atoms with Gasteiger partial charge in [0.05, 0.1) is 33.6 Å². The van der Waals surface area contributed by atoms with Crippen LogP contribution < -0.4 is 20.1 Å². The summed E-state index contributed by atoms with van der Waals surface area (Å²) in [6.07, 6.45) is 0.0535. The van der Waals surface area contributed by atoms with E-state index in [0.29, 0.717) is 41.8 Å². The highest BCUT2D eigenvalue weighted by Crippen LogP contribution is 2.31. The molecule has 3 rings (SSSR count). The van der Waals surface area contributed by atoms with Crippen LogP contribution in [0.2, 0.25) is 0 Å². The third kappa shape index (κ3) is 4.22. The molecule has 0 aliphatic carbocycles. The monoisotopic (exact) mass is 392 g/mol. The molecular formula is C17H20N4O5S. The molecule has 0 atom stereocenters. The SMILES string of the molecule is COC(=O)Nc1nc2c(s1)CN(C(=O)Nc1ccc(OC)c(OC)c1)CC2. The normalized spacial score (nSPS) is 12.8. The van der Waals surface area contributed by atoms with E-state index in [1.165, 1.54) is 18.4 Å². The van der Waals surface area contributed by atoms with Crippen LogP contribution in [0, 0.1) is 0 Å². The van der Waals surface area contributed by atoms with Crippen LogP contribution in [0.3, 0.4) is 0 Å². The number of anilines is 2. The van der Waals surface area contributed by atoms with Crippen LogP contribution in [-0.4, -0.2) is 49.9 Å². The molecule has 1 aliphatic heterocycles. The Bertz CT molecular complexity index is 854. The number of benzene rings is 1. The summed E-state index contributed by atoms with van der Waals surface area (Å²) in [5.74, 6) is 1.13. The van der Waals surface area contributed by atoms with Crippen molar-refractivity contribution in [1.29, 1.82) is 0 Å². The number of fused-ring (bicyclic) bond motifs is 1. The predicted octanol–water partition coefficient (Wildman–Crippen LogP) is 2.93. The van der Waals surface area contributed by atoms with Crippen LogP contribution in [0.5, 0.6) is 11.5 Å². The van der Waals surface area contributed by atoms with Gasteiger partial charge in [0.2, 0.25) is 0 Å². The summed E-state index contributed by atoms with van der Waals surface area (Å²) in [5, 5.41) is 5.89. The standard InChI is InChI=1S/C17H20N4O5S/c1-24-12-5-4-10(8-13(12)25-2)18-16(22)21-7-6-11-14(9-21)27-15(19-11)20-17(23)26-3/h4-5,8H,6-7,9H2,1-3H3,(H,18,22)(H,19,20,23). The van der Waals surface area contributed by atoms with Crippen molar-refractivity contribution in [2.75, 3.05) is 38.5 Å². The second kappa shape index (κ2) is 8.12. The fourth-order valence-electron chi connectivity index (χ4n) is 2.68. The van der Waals surface area contributed by atoms with Crippen molar-refractivity contribution in [3.63, 3.8) is 0 Å². The zero-order valence-electron chi connectivity index (χ0n) is 15.2. The van der Waals surface area contributed by atoms with Crippen molar-refractivity contribution in [1.82, 2.24) is 9.88 Å². The van der Waals surface area contributed by atoms with Gasteiger partial charge in [-0.1, -0.05) is 11.3 Å². The lowest BCUT2D eigenvalue weighted by Gasteiger charge is -2.26. The molecule has 1 aliphatic rings. The first kappa shape index (κ1) is 18.8. The molecule has 1 aromatic heterocycles. The second-order valence-corrected chi connectivity index (χ2v) is 6.76. The van der Waals surface area contributed by atoms with Gasteiger partial charge in [-0.15, -0.1) is 0 Å². The van der Waals surface area contributed by atoms with Gasteiger partial charge in [-0.05, 0) is 12.1 Å². The maximum Gasteiger partial charge on any atom is 0.413 e. The highest BCUT2D eigenvalue weighted by Gasteiger charge is 2.25. The minimum Gasteiger partial charge on any atom is -0.493 e. The van der Waals surface area contributed by atoms with E-state index in [-0.39, 0.29) is 6.03 Å². The fourth-order valence-corrected chi connectivity index (χ4v) is 3.69. The number of hydrogen-bond donors (Lipinski definition) is 2. The van der Waals surface area contributed by atoms with Crippen LogP contribution in [0.15, 0.2) is 18.2 Å². The van der Waals surface area contributed by atoms with Crippen LogP contribution in [0.4, 0.5) is 20.4 Å². The van der Waals surface area contributed by atoms with Crippen molar-refractivity contribution in [2.24, 2.45) is 0 Å². The van der Waals surface area contributed by atoms with E-state index >= 15 is 0 Å². The maximum atomic E-state index is 12.6. The molecule has 2 N–H and O–H groups in total. The summed E-state index contributed by atoms with van der Waals surface area (Å²) < 4.78 is 15.0. The summed E-state index contributed by atoms with van der Waals surface area (Å²) in [7, 11) is 4.39. The van der Waals surface area contributed by atoms with Crippen molar-refractivity contribution in [3.8, 4) is 11.5 Å². The number of methoxy groups -OCH3 is 3. The van der Waals surface area contributed by atoms with Crippen molar-refractivity contribution in [2.45, 2.75) is 13.0 Å². The molecule has 10 heteroatoms. The number of ether oxygens (including phenoxy) is 3. The van der Waals surface area contributed by atoms with E-state index in [9.17, 15) is 9.59 Å². The molecule has 0 radical (unpaired) electrons. The van der Waals surface area contributed by atoms with Gasteiger partial charge < -0.3 is 24.4 Å². The van der Waals surface area contributed by atoms with Gasteiger partial charge in [-0.2, -0.15) is 0 Å². The molecule has 2 heterocycles. The Balaban J connectivity index is 1.66. The van der Waals surface area contributed by atoms with Gasteiger partial charge in [0.1, 0.15) is 0 Å². The Kier molecular flexibility index (Phi) is 5.65. The largest absolute Gasteiger partial charge is 0.493 e. The van der Waals surface area contributed by atoms with Crippen LogP contribution in [0.25, 0.3) is 0 Å². The maximum absolute atomic E-state index is 12.6. The Labute approximate surface area is 160 Å². The average Bonchev–Trinajstić information content (AvgIpc) is 3.08. The molecule has 2 aromatic rings. The van der Waals surface area contributed by atoms with E-state index in [4.69, 9.17) is 9.47 Å². The lowest BCUT2D eigenvalue weighted by molar-refractivity contribution is 0.187. The van der Waals surface area contributed by atoms with E-state index in [2.05, 4.69) is 20.4 Å². The van der Waals surface area contributed by atoms with E-state index in [0.717, 1.165) is 10.6 Å². The number of aromatic nitrogens is 1. The molecule has 27 heavy (non-hydrogen) atoms. The highest BCUT2D eigenvalue weighted by atomic mass is 32.1. The molecule has 0 saturated carbocycles. The molecule has 3 amide bonds. The first-order valence-corrected chi connectivity index (χ1v) is 8.97. The second-order valence-electron chi connectivity index (χ2n) is 5.68. The molecule has 0 saturated heterocycles. The topological polar surface area (TPSA) is 102 Å². The molecule has 0 bridgehead atoms. The Hall–Kier alpha value is -3.01. The summed E-state index contributed by atoms with van der Waals surface area (Å²) >= 11 is 1.34. The third-order valence-corrected chi connectivity index (χ3v) is 5.05. The summed E-state index contributed by atoms with van der Waals surface area (Å²) in [6, 6.07) is 4.97. The third-order valence-electron chi connectivity index (χ3n) is 4.05. The molecular weight excluding hydrogens is 372 g/mol. The van der Waals surface area contributed by atoms with Gasteiger partial charge >= 0.3 is 12.1 Å². The van der Waals surface area contributed by atoms with E-state index in [1.54, 1.807) is 37.3 Å². The Morgan fingerprint density at radius 2 is 1.93 bits per heavy atom. The lowest BCUT2D eigenvalue weighted by atomic mass is 10.2. The van der Waals surface area contributed by atoms with Crippen LogP contribution in [0.1, 0.15) is 10.6 Å². The average molecular weight is 392 g/mol. The number of hydrogen-bond acceptors (Lipinski definition) is 7. The zero-order valence-corrected chi connectivity index (χ0v) is 16.0. The summed E-state index contributed by atoms with van der Waals surface area (Å²) in [5.41, 5.74) is 1.50. The van der Waals surface area contributed by atoms with E-state index < -0.39 is 6.09 Å². The first-order valence-electron chi connectivity index (χ1n) is 8.15. The molecule has 0 spiro atoms. The minimum absolute atomic E-state index is 0.219. The van der Waals surface area contributed by atoms with Gasteiger partial charge in [0.15, 0.2) is 16.6 Å². The van der Waals surface area contributed by atoms with Gasteiger partial charge in [0.25, 0.3) is 0 Å². The number of carbonyl (C=O) groups excluding carboxylic acids is 2. The van der Waals surface area contributed by atoms with Crippen molar-refractivity contribution >= 4 is 34.3 Å². The van der Waals surface area contributed by atoms with E-state index in [1.807, 2.05) is 0 Å². The minimum atomic E-state index is -0.566. The number of carbonyl (C=O) groups is 2. The molecule has 1 aromatic carbocycles. The van der Waals surface area contributed by atoms with Crippen molar-refractivity contribution < 1.29 is 23.8 Å². The number of amides is 3. The molecule has 0 unspecified atom stereocenters. The summed E-state index contributed by atoms with van der Waals surface area (Å²) in [4.78, 5) is 30.9.